The van der Waals surface area contributed by atoms with E-state index in [9.17, 15) is 34.8 Å². The topological polar surface area (TPSA) is 226 Å². The molecule has 4 aromatic carbocycles. The number of hydrogen-bond acceptors (Lipinski definition) is 10. The fourth-order valence-corrected chi connectivity index (χ4v) is 8.34. The average molecular weight is 768 g/mol. The van der Waals surface area contributed by atoms with E-state index >= 15 is 0 Å². The molecular weight excluding hydrogens is 747 g/mol. The lowest BCUT2D eigenvalue weighted by Crippen LogP contribution is -2.42. The number of hydrogen-bond donors (Lipinski definition) is 4. The molecule has 0 saturated heterocycles. The predicted octanol–water partition coefficient (Wildman–Crippen LogP) is 2.54. The molecule has 0 bridgehead atoms. The van der Waals surface area contributed by atoms with Gasteiger partial charge in [0.1, 0.15) is 0 Å². The van der Waals surface area contributed by atoms with Crippen LogP contribution >= 0.6 is 23.2 Å². The lowest BCUT2D eigenvalue weighted by molar-refractivity contribution is -0.705. The van der Waals surface area contributed by atoms with Crippen LogP contribution in [0.4, 0.5) is 11.4 Å². The van der Waals surface area contributed by atoms with E-state index in [0.717, 1.165) is 9.36 Å². The highest BCUT2D eigenvalue weighted by Crippen LogP contribution is 2.23. The number of halogens is 2. The maximum absolute atomic E-state index is 13.4. The third-order valence-corrected chi connectivity index (χ3v) is 11.7. The Balaban J connectivity index is 1.26. The summed E-state index contributed by atoms with van der Waals surface area (Å²) in [4.78, 5) is 24.4. The normalized spacial score (nSPS) is 12.1. The average Bonchev–Trinajstić information content (AvgIpc) is 3.66. The number of sulfone groups is 1. The Labute approximate surface area is 286 Å². The molecule has 0 aliphatic heterocycles. The van der Waals surface area contributed by atoms with E-state index in [0.29, 0.717) is 10.0 Å². The van der Waals surface area contributed by atoms with Crippen molar-refractivity contribution < 1.29 is 43.7 Å². The first-order valence-corrected chi connectivity index (χ1v) is 18.7. The number of benzene rings is 4. The number of rotatable bonds is 10. The van der Waals surface area contributed by atoms with E-state index in [4.69, 9.17) is 32.2 Å². The van der Waals surface area contributed by atoms with Gasteiger partial charge in [-0.25, -0.2) is 18.0 Å². The SMILES string of the molecule is O=c1o[nH][n+](-c2ccc(S(=O)(=O)c3ccc(-[n+]4[nH]oc(=O)c4S(=O)(=O)Nc4ccc(Cl)cc4)cc3)cc2)c1S(=O)(=O)Nc1ccc(Cl)cc1. The Kier molecular flexibility index (Phi) is 8.71. The Morgan fingerprint density at radius 3 is 1.16 bits per heavy atom. The Bertz CT molecular complexity index is 2460. The number of anilines is 2. The fraction of sp³-hybridized carbons (Fsp3) is 0. The van der Waals surface area contributed by atoms with Gasteiger partial charge in [0.2, 0.25) is 21.2 Å². The van der Waals surface area contributed by atoms with Crippen LogP contribution in [0.1, 0.15) is 0 Å². The van der Waals surface area contributed by atoms with Crippen molar-refractivity contribution in [1.82, 2.24) is 10.5 Å². The molecule has 4 N–H and O–H groups in total. The molecule has 0 saturated carbocycles. The van der Waals surface area contributed by atoms with E-state index in [-0.39, 0.29) is 32.5 Å². The number of nitrogens with zero attached hydrogens (tertiary/aromatic N) is 2. The van der Waals surface area contributed by atoms with Crippen LogP contribution in [-0.2, 0) is 29.9 Å². The van der Waals surface area contributed by atoms with Gasteiger partial charge < -0.3 is 0 Å². The second kappa shape index (κ2) is 12.7. The van der Waals surface area contributed by atoms with Crippen molar-refractivity contribution in [3.05, 3.63) is 128 Å². The molecule has 6 rings (SSSR count). The quantitative estimate of drug-likeness (QED) is 0.149. The van der Waals surface area contributed by atoms with Gasteiger partial charge in [-0.3, -0.25) is 18.5 Å². The zero-order chi connectivity index (χ0) is 35.1. The van der Waals surface area contributed by atoms with Crippen LogP contribution < -0.4 is 30.1 Å². The molecule has 0 amide bonds. The first-order valence-electron chi connectivity index (χ1n) is 13.5. The van der Waals surface area contributed by atoms with Gasteiger partial charge in [-0.2, -0.15) is 16.8 Å². The summed E-state index contributed by atoms with van der Waals surface area (Å²) in [6.45, 7) is 0. The van der Waals surface area contributed by atoms with Crippen molar-refractivity contribution in [1.29, 1.82) is 0 Å². The molecule has 16 nitrogen and oxygen atoms in total. The van der Waals surface area contributed by atoms with Gasteiger partial charge in [0.25, 0.3) is 0 Å². The number of aromatic nitrogens is 4. The molecule has 0 spiro atoms. The van der Waals surface area contributed by atoms with Crippen LogP contribution in [0.2, 0.25) is 10.0 Å². The number of nitrogens with one attached hydrogen (secondary N) is 4. The third-order valence-electron chi connectivity index (χ3n) is 6.73. The third kappa shape index (κ3) is 6.74. The lowest BCUT2D eigenvalue weighted by atomic mass is 10.3. The van der Waals surface area contributed by atoms with Crippen molar-refractivity contribution >= 4 is 64.5 Å². The van der Waals surface area contributed by atoms with E-state index < -0.39 is 51.2 Å². The van der Waals surface area contributed by atoms with Gasteiger partial charge >= 0.3 is 41.3 Å². The molecule has 6 aromatic rings. The van der Waals surface area contributed by atoms with E-state index in [1.165, 1.54) is 97.1 Å². The molecule has 0 fully saturated rings. The van der Waals surface area contributed by atoms with Gasteiger partial charge in [0.15, 0.2) is 0 Å². The van der Waals surface area contributed by atoms with Gasteiger partial charge in [-0.05, 0) is 92.7 Å². The highest BCUT2D eigenvalue weighted by molar-refractivity contribution is 7.93. The number of aromatic amines is 2. The molecule has 0 aliphatic carbocycles. The summed E-state index contributed by atoms with van der Waals surface area (Å²) in [7, 11) is -13.2. The minimum absolute atomic E-state index is 0.0397. The molecular formula is C28H20Cl2N6O10S3+2. The molecule has 0 aliphatic rings. The Morgan fingerprint density at radius 1 is 0.510 bits per heavy atom. The van der Waals surface area contributed by atoms with Crippen LogP contribution in [0.5, 0.6) is 0 Å². The molecule has 252 valence electrons. The maximum atomic E-state index is 13.4. The molecule has 49 heavy (non-hydrogen) atoms. The van der Waals surface area contributed by atoms with Crippen LogP contribution in [0, 0.1) is 0 Å². The van der Waals surface area contributed by atoms with Crippen LogP contribution in [0.15, 0.2) is 136 Å². The Hall–Kier alpha value is -5.21. The number of H-pyrrole nitrogens is 2. The van der Waals surface area contributed by atoms with Gasteiger partial charge in [-0.1, -0.05) is 23.2 Å². The van der Waals surface area contributed by atoms with Crippen LogP contribution in [0.3, 0.4) is 0 Å². The summed E-state index contributed by atoms with van der Waals surface area (Å²) in [5.74, 6) is 0. The van der Waals surface area contributed by atoms with Crippen molar-refractivity contribution in [3.8, 4) is 11.4 Å². The second-order valence-electron chi connectivity index (χ2n) is 9.96. The molecule has 21 heteroatoms. The van der Waals surface area contributed by atoms with Crippen LogP contribution in [0.25, 0.3) is 11.4 Å². The second-order valence-corrected chi connectivity index (χ2v) is 16.0. The zero-order valence-corrected chi connectivity index (χ0v) is 28.2. The fourth-order valence-electron chi connectivity index (χ4n) is 4.45. The summed E-state index contributed by atoms with van der Waals surface area (Å²) < 4.78 is 94.7. The zero-order valence-electron chi connectivity index (χ0n) is 24.2. The number of sulfonamides is 2. The Morgan fingerprint density at radius 2 is 0.837 bits per heavy atom. The summed E-state index contributed by atoms with van der Waals surface area (Å²) in [6, 6.07) is 21.0. The summed E-state index contributed by atoms with van der Waals surface area (Å²) in [6.07, 6.45) is 0. The maximum Gasteiger partial charge on any atom is 0.449 e. The monoisotopic (exact) mass is 766 g/mol. The van der Waals surface area contributed by atoms with Crippen molar-refractivity contribution in [2.45, 2.75) is 19.8 Å². The molecule has 2 aromatic heterocycles. The molecule has 0 atom stereocenters. The summed E-state index contributed by atoms with van der Waals surface area (Å²) in [5.41, 5.74) is -2.11. The van der Waals surface area contributed by atoms with Crippen molar-refractivity contribution in [3.63, 3.8) is 0 Å². The standard InChI is InChI=1S/C28H18Cl2N6O10S3/c29-17-1-5-19(6-2-17)31-48(41,42)25-27(37)45-33-35(25)21-9-13-23(14-10-21)47(39,40)24-15-11-22(12-16-24)36-26(28(38)46-34-36)49(43,44)32-20-7-3-18(30)4-8-20/h1-16,31-32H/p+2. The smallest absolute Gasteiger partial charge is 0.281 e. The van der Waals surface area contributed by atoms with Gasteiger partial charge in [-0.15, -0.1) is 0 Å². The highest BCUT2D eigenvalue weighted by Gasteiger charge is 2.38. The van der Waals surface area contributed by atoms with E-state index in [1.807, 2.05) is 0 Å². The molecule has 0 radical (unpaired) electrons. The first kappa shape index (κ1) is 33.7. The highest BCUT2D eigenvalue weighted by atomic mass is 35.5. The van der Waals surface area contributed by atoms with E-state index in [1.54, 1.807) is 0 Å². The van der Waals surface area contributed by atoms with Gasteiger partial charge in [0.05, 0.1) is 9.79 Å². The lowest BCUT2D eigenvalue weighted by Gasteiger charge is -2.06. The predicted molar refractivity (Wildman–Crippen MR) is 172 cm³/mol. The summed E-state index contributed by atoms with van der Waals surface area (Å²) >= 11 is 11.7. The van der Waals surface area contributed by atoms with Crippen molar-refractivity contribution in [2.75, 3.05) is 9.44 Å². The first-order chi connectivity index (χ1) is 23.2. The molecule has 2 heterocycles. The van der Waals surface area contributed by atoms with Crippen LogP contribution in [-0.4, -0.2) is 35.8 Å². The van der Waals surface area contributed by atoms with Gasteiger partial charge in [0, 0.05) is 45.7 Å². The molecule has 0 unspecified atom stereocenters. The van der Waals surface area contributed by atoms with Crippen molar-refractivity contribution in [2.24, 2.45) is 0 Å². The summed E-state index contributed by atoms with van der Waals surface area (Å²) in [5, 5.41) is 3.48. The largest absolute Gasteiger partial charge is 0.449 e. The minimum Gasteiger partial charge on any atom is -0.281 e. The minimum atomic E-state index is -4.49. The van der Waals surface area contributed by atoms with E-state index in [2.05, 4.69) is 20.0 Å².